The second kappa shape index (κ2) is 7.95. The number of guanidine groups is 1. The molecule has 0 aromatic rings. The fourth-order valence-electron chi connectivity index (χ4n) is 4.13. The van der Waals surface area contributed by atoms with Crippen molar-refractivity contribution >= 4 is 21.7 Å². The van der Waals surface area contributed by atoms with E-state index < -0.39 is 9.84 Å². The normalized spacial score (nSPS) is 30.0. The lowest BCUT2D eigenvalue weighted by Gasteiger charge is -2.38. The molecule has 4 fully saturated rings. The summed E-state index contributed by atoms with van der Waals surface area (Å²) in [6.45, 7) is 3.85. The molecule has 1 aliphatic carbocycles. The van der Waals surface area contributed by atoms with Crippen molar-refractivity contribution < 1.29 is 17.9 Å². The molecular weight excluding hydrogens is 368 g/mol. The molecule has 152 valence electrons. The van der Waals surface area contributed by atoms with Gasteiger partial charge in [0.25, 0.3) is 0 Å². The van der Waals surface area contributed by atoms with Crippen LogP contribution in [0.15, 0.2) is 4.99 Å². The maximum atomic E-state index is 12.5. The van der Waals surface area contributed by atoms with Gasteiger partial charge in [-0.1, -0.05) is 0 Å². The number of carbonyl (C=O) groups excluding carboxylic acids is 1. The molecular formula is C18H30N4O4S. The molecule has 3 saturated heterocycles. The molecule has 4 rings (SSSR count). The van der Waals surface area contributed by atoms with Crippen LogP contribution < -0.4 is 5.32 Å². The number of amides is 1. The molecule has 3 heterocycles. The van der Waals surface area contributed by atoms with Crippen LogP contribution in [0.4, 0.5) is 0 Å². The zero-order valence-electron chi connectivity index (χ0n) is 15.8. The van der Waals surface area contributed by atoms with Crippen molar-refractivity contribution in [2.24, 2.45) is 10.9 Å². The lowest BCUT2D eigenvalue weighted by Crippen LogP contribution is -2.57. The molecule has 8 nitrogen and oxygen atoms in total. The number of carbonyl (C=O) groups is 1. The molecule has 1 atom stereocenters. The molecule has 4 aliphatic rings. The summed E-state index contributed by atoms with van der Waals surface area (Å²) in [5, 5.41) is 3.53. The molecule has 3 aliphatic heterocycles. The lowest BCUT2D eigenvalue weighted by molar-refractivity contribution is -0.135. The van der Waals surface area contributed by atoms with Crippen molar-refractivity contribution in [2.75, 3.05) is 50.9 Å². The van der Waals surface area contributed by atoms with Crippen LogP contribution in [0.2, 0.25) is 0 Å². The molecule has 1 N–H and O–H groups in total. The van der Waals surface area contributed by atoms with Crippen LogP contribution in [-0.2, 0) is 19.4 Å². The summed E-state index contributed by atoms with van der Waals surface area (Å²) in [5.74, 6) is 1.53. The van der Waals surface area contributed by atoms with Crippen LogP contribution in [0.5, 0.6) is 0 Å². The summed E-state index contributed by atoms with van der Waals surface area (Å²) in [5.41, 5.74) is 0. The Morgan fingerprint density at radius 2 is 1.93 bits per heavy atom. The van der Waals surface area contributed by atoms with Gasteiger partial charge in [-0.2, -0.15) is 0 Å². The van der Waals surface area contributed by atoms with Gasteiger partial charge in [-0.25, -0.2) is 8.42 Å². The largest absolute Gasteiger partial charge is 0.381 e. The van der Waals surface area contributed by atoms with Crippen molar-refractivity contribution in [2.45, 2.75) is 44.2 Å². The number of nitrogens with one attached hydrogen (secondary N) is 1. The van der Waals surface area contributed by atoms with Gasteiger partial charge in [0.2, 0.25) is 5.91 Å². The molecule has 0 spiro atoms. The number of ether oxygens (including phenoxy) is 1. The highest BCUT2D eigenvalue weighted by Crippen LogP contribution is 2.28. The summed E-state index contributed by atoms with van der Waals surface area (Å²) < 4.78 is 28.9. The van der Waals surface area contributed by atoms with E-state index in [0.29, 0.717) is 31.6 Å². The zero-order chi connectivity index (χ0) is 18.9. The van der Waals surface area contributed by atoms with Crippen LogP contribution in [-0.4, -0.2) is 93.1 Å². The van der Waals surface area contributed by atoms with Crippen molar-refractivity contribution in [3.63, 3.8) is 0 Å². The van der Waals surface area contributed by atoms with Crippen molar-refractivity contribution in [1.82, 2.24) is 15.1 Å². The Balaban J connectivity index is 1.42. The summed E-state index contributed by atoms with van der Waals surface area (Å²) in [7, 11) is -2.89. The van der Waals surface area contributed by atoms with E-state index in [9.17, 15) is 13.2 Å². The van der Waals surface area contributed by atoms with E-state index in [1.165, 1.54) is 0 Å². The highest BCUT2D eigenvalue weighted by molar-refractivity contribution is 7.91. The first kappa shape index (κ1) is 19.0. The Hall–Kier alpha value is -1.35. The highest BCUT2D eigenvalue weighted by atomic mass is 32.2. The summed E-state index contributed by atoms with van der Waals surface area (Å²) in [6.07, 6.45) is 4.79. The van der Waals surface area contributed by atoms with Crippen molar-refractivity contribution in [3.05, 3.63) is 0 Å². The third kappa shape index (κ3) is 4.93. The molecule has 27 heavy (non-hydrogen) atoms. The first-order valence-corrected chi connectivity index (χ1v) is 12.0. The lowest BCUT2D eigenvalue weighted by atomic mass is 10.1. The predicted molar refractivity (Wildman–Crippen MR) is 102 cm³/mol. The van der Waals surface area contributed by atoms with E-state index in [4.69, 9.17) is 9.73 Å². The quantitative estimate of drug-likeness (QED) is 0.523. The van der Waals surface area contributed by atoms with E-state index in [0.717, 1.165) is 57.9 Å². The Morgan fingerprint density at radius 3 is 2.56 bits per heavy atom. The van der Waals surface area contributed by atoms with Gasteiger partial charge in [0.05, 0.1) is 18.1 Å². The monoisotopic (exact) mass is 398 g/mol. The molecule has 1 saturated carbocycles. The minimum absolute atomic E-state index is 0.0879. The molecule has 1 unspecified atom stereocenters. The number of sulfone groups is 1. The highest BCUT2D eigenvalue weighted by Gasteiger charge is 2.37. The summed E-state index contributed by atoms with van der Waals surface area (Å²) in [6, 6.07) is 0.744. The van der Waals surface area contributed by atoms with Crippen LogP contribution >= 0.6 is 0 Å². The van der Waals surface area contributed by atoms with Crippen LogP contribution in [0.25, 0.3) is 0 Å². The Kier molecular flexibility index (Phi) is 5.59. The van der Waals surface area contributed by atoms with E-state index in [1.807, 2.05) is 9.80 Å². The first-order chi connectivity index (χ1) is 13.0. The Morgan fingerprint density at radius 1 is 1.15 bits per heavy atom. The second-order valence-corrected chi connectivity index (χ2v) is 10.4. The van der Waals surface area contributed by atoms with Crippen molar-refractivity contribution in [3.8, 4) is 0 Å². The minimum atomic E-state index is -2.89. The molecule has 0 bridgehead atoms. The fraction of sp³-hybridized carbons (Fsp3) is 0.889. The van der Waals surface area contributed by atoms with Gasteiger partial charge in [-0.05, 0) is 38.0 Å². The molecule has 0 aromatic heterocycles. The van der Waals surface area contributed by atoms with E-state index in [2.05, 4.69) is 5.32 Å². The topological polar surface area (TPSA) is 91.3 Å². The van der Waals surface area contributed by atoms with Crippen LogP contribution in [0.3, 0.4) is 0 Å². The smallest absolute Gasteiger partial charge is 0.242 e. The molecule has 0 aromatic carbocycles. The first-order valence-electron chi connectivity index (χ1n) is 10.1. The number of piperazine rings is 1. The SMILES string of the molecule is O=C1CN(C(=NCC2CCS(=O)(=O)C2)NC2CCOCC2)CCN1C1CC1. The van der Waals surface area contributed by atoms with Crippen LogP contribution in [0, 0.1) is 5.92 Å². The van der Waals surface area contributed by atoms with Gasteiger partial charge in [0, 0.05) is 44.9 Å². The van der Waals surface area contributed by atoms with E-state index in [-0.39, 0.29) is 23.3 Å². The standard InChI is InChI=1S/C18H30N4O4S/c23-17-12-21(6-7-22(17)16-1-2-16)18(20-15-3-8-26-9-4-15)19-11-14-5-10-27(24,25)13-14/h14-16H,1-13H2,(H,19,20). The van der Waals surface area contributed by atoms with Crippen molar-refractivity contribution in [1.29, 1.82) is 0 Å². The molecule has 1 amide bonds. The average molecular weight is 399 g/mol. The number of hydrogen-bond donors (Lipinski definition) is 1. The minimum Gasteiger partial charge on any atom is -0.381 e. The third-order valence-corrected chi connectivity index (χ3v) is 7.76. The van der Waals surface area contributed by atoms with Crippen LogP contribution in [0.1, 0.15) is 32.1 Å². The maximum Gasteiger partial charge on any atom is 0.242 e. The van der Waals surface area contributed by atoms with Gasteiger partial charge in [-0.15, -0.1) is 0 Å². The van der Waals surface area contributed by atoms with Gasteiger partial charge in [0.1, 0.15) is 0 Å². The van der Waals surface area contributed by atoms with E-state index in [1.54, 1.807) is 0 Å². The van der Waals surface area contributed by atoms with E-state index >= 15 is 0 Å². The third-order valence-electron chi connectivity index (χ3n) is 5.92. The fourth-order valence-corrected chi connectivity index (χ4v) is 5.98. The number of hydrogen-bond acceptors (Lipinski definition) is 5. The maximum absolute atomic E-state index is 12.5. The predicted octanol–water partition coefficient (Wildman–Crippen LogP) is -0.148. The number of nitrogens with zero attached hydrogens (tertiary/aromatic N) is 3. The zero-order valence-corrected chi connectivity index (χ0v) is 16.6. The summed E-state index contributed by atoms with van der Waals surface area (Å²) >= 11 is 0. The van der Waals surface area contributed by atoms with Gasteiger partial charge in [-0.3, -0.25) is 9.79 Å². The summed E-state index contributed by atoms with van der Waals surface area (Å²) in [4.78, 5) is 21.3. The Bertz CT molecular complexity index is 685. The molecule has 9 heteroatoms. The Labute approximate surface area is 161 Å². The number of rotatable bonds is 4. The van der Waals surface area contributed by atoms with Gasteiger partial charge in [0.15, 0.2) is 15.8 Å². The average Bonchev–Trinajstić information content (AvgIpc) is 3.42. The number of aliphatic imine (C=N–C) groups is 1. The van der Waals surface area contributed by atoms with Gasteiger partial charge < -0.3 is 19.9 Å². The van der Waals surface area contributed by atoms with Gasteiger partial charge >= 0.3 is 0 Å². The molecule has 0 radical (unpaired) electrons. The second-order valence-electron chi connectivity index (χ2n) is 8.20.